The number of rotatable bonds is 1. The Balaban J connectivity index is 2.22. The number of nitrogens with zero attached hydrogens (tertiary/aromatic N) is 1. The number of benzene rings is 1. The predicted octanol–water partition coefficient (Wildman–Crippen LogP) is 3.37. The lowest BCUT2D eigenvalue weighted by Gasteiger charge is -2.20. The molecule has 0 saturated heterocycles. The van der Waals surface area contributed by atoms with E-state index in [0.29, 0.717) is 18.7 Å². The molecule has 1 aromatic rings. The molecule has 0 aliphatic carbocycles. The zero-order chi connectivity index (χ0) is 11.1. The fourth-order valence-electron chi connectivity index (χ4n) is 1.82. The average Bonchev–Trinajstić information content (AvgIpc) is 2.45. The highest BCUT2D eigenvalue weighted by Gasteiger charge is 2.33. The predicted molar refractivity (Wildman–Crippen MR) is 56.1 cm³/mol. The lowest BCUT2D eigenvalue weighted by atomic mass is 10.2. The maximum absolute atomic E-state index is 12.2. The highest BCUT2D eigenvalue weighted by Crippen LogP contribution is 2.32. The van der Waals surface area contributed by atoms with Crippen molar-refractivity contribution in [3.63, 3.8) is 0 Å². The molecular weight excluding hydrogens is 271 g/mol. The van der Waals surface area contributed by atoms with Gasteiger partial charge in [-0.2, -0.15) is 13.2 Å². The van der Waals surface area contributed by atoms with E-state index in [1.54, 1.807) is 12.1 Å². The molecule has 0 saturated carbocycles. The summed E-state index contributed by atoms with van der Waals surface area (Å²) in [6.45, 7) is -0.410. The van der Waals surface area contributed by atoms with Gasteiger partial charge >= 0.3 is 6.18 Å². The number of fused-ring (bicyclic) bond motifs is 1. The summed E-state index contributed by atoms with van der Waals surface area (Å²) in [6.07, 6.45) is -3.44. The third-order valence-corrected chi connectivity index (χ3v) is 2.90. The quantitative estimate of drug-likeness (QED) is 0.762. The van der Waals surface area contributed by atoms with Gasteiger partial charge in [-0.15, -0.1) is 0 Å². The minimum absolute atomic E-state index is 0.450. The Morgan fingerprint density at radius 3 is 2.73 bits per heavy atom. The zero-order valence-corrected chi connectivity index (χ0v) is 9.40. The Labute approximate surface area is 94.0 Å². The SMILES string of the molecule is FC(F)(F)CN1CCc2cc(Br)ccc21. The van der Waals surface area contributed by atoms with Gasteiger partial charge in [0.05, 0.1) is 0 Å². The van der Waals surface area contributed by atoms with E-state index in [1.165, 1.54) is 4.90 Å². The largest absolute Gasteiger partial charge is 0.405 e. The van der Waals surface area contributed by atoms with Crippen LogP contribution in [0.4, 0.5) is 18.9 Å². The van der Waals surface area contributed by atoms with Gasteiger partial charge in [-0.3, -0.25) is 0 Å². The fraction of sp³-hybridized carbons (Fsp3) is 0.400. The molecule has 0 fully saturated rings. The van der Waals surface area contributed by atoms with Crippen molar-refractivity contribution in [2.24, 2.45) is 0 Å². The van der Waals surface area contributed by atoms with Crippen LogP contribution >= 0.6 is 15.9 Å². The van der Waals surface area contributed by atoms with Gasteiger partial charge in [0.25, 0.3) is 0 Å². The van der Waals surface area contributed by atoms with Crippen LogP contribution in [0.1, 0.15) is 5.56 Å². The fourth-order valence-corrected chi connectivity index (χ4v) is 2.23. The van der Waals surface area contributed by atoms with Gasteiger partial charge in [-0.25, -0.2) is 0 Å². The molecule has 1 aliphatic rings. The second-order valence-corrected chi connectivity index (χ2v) is 4.48. The van der Waals surface area contributed by atoms with Crippen molar-refractivity contribution >= 4 is 21.6 Å². The molecule has 1 aromatic carbocycles. The van der Waals surface area contributed by atoms with Crippen LogP contribution in [-0.2, 0) is 6.42 Å². The van der Waals surface area contributed by atoms with Crippen LogP contribution in [0, 0.1) is 0 Å². The van der Waals surface area contributed by atoms with Crippen LogP contribution in [0.3, 0.4) is 0 Å². The van der Waals surface area contributed by atoms with Crippen LogP contribution in [0.15, 0.2) is 22.7 Å². The van der Waals surface area contributed by atoms with E-state index in [1.807, 2.05) is 6.07 Å². The first-order chi connectivity index (χ1) is 6.96. The second kappa shape index (κ2) is 3.70. The van der Waals surface area contributed by atoms with Crippen molar-refractivity contribution in [2.45, 2.75) is 12.6 Å². The molecule has 0 aromatic heterocycles. The Morgan fingerprint density at radius 2 is 2.07 bits per heavy atom. The normalized spacial score (nSPS) is 15.6. The van der Waals surface area contributed by atoms with E-state index in [0.717, 1.165) is 10.0 Å². The van der Waals surface area contributed by atoms with Gasteiger partial charge in [0, 0.05) is 16.7 Å². The first-order valence-corrected chi connectivity index (χ1v) is 5.35. The van der Waals surface area contributed by atoms with Gasteiger partial charge in [-0.05, 0) is 30.2 Å². The van der Waals surface area contributed by atoms with E-state index in [2.05, 4.69) is 15.9 Å². The summed E-state index contributed by atoms with van der Waals surface area (Å²) in [7, 11) is 0. The van der Waals surface area contributed by atoms with Crippen molar-refractivity contribution in [2.75, 3.05) is 18.0 Å². The van der Waals surface area contributed by atoms with Crippen molar-refractivity contribution in [1.82, 2.24) is 0 Å². The van der Waals surface area contributed by atoms with Crippen LogP contribution in [0.5, 0.6) is 0 Å². The van der Waals surface area contributed by atoms with Crippen LogP contribution in [0.2, 0.25) is 0 Å². The smallest absolute Gasteiger partial charge is 0.362 e. The van der Waals surface area contributed by atoms with Crippen molar-refractivity contribution < 1.29 is 13.2 Å². The molecule has 0 radical (unpaired) electrons. The Bertz CT molecular complexity index is 375. The van der Waals surface area contributed by atoms with E-state index >= 15 is 0 Å². The number of anilines is 1. The summed E-state index contributed by atoms with van der Waals surface area (Å²) in [5, 5.41) is 0. The third-order valence-electron chi connectivity index (χ3n) is 2.40. The lowest BCUT2D eigenvalue weighted by Crippen LogP contribution is -2.32. The molecule has 0 amide bonds. The molecular formula is C10H9BrF3N. The highest BCUT2D eigenvalue weighted by molar-refractivity contribution is 9.10. The van der Waals surface area contributed by atoms with Crippen LogP contribution < -0.4 is 4.90 Å². The maximum Gasteiger partial charge on any atom is 0.405 e. The molecule has 0 N–H and O–H groups in total. The number of alkyl halides is 3. The monoisotopic (exact) mass is 279 g/mol. The summed E-state index contributed by atoms with van der Waals surface area (Å²) >= 11 is 3.31. The number of hydrogen-bond donors (Lipinski definition) is 0. The van der Waals surface area contributed by atoms with Gasteiger partial charge in [0.15, 0.2) is 0 Å². The lowest BCUT2D eigenvalue weighted by molar-refractivity contribution is -0.119. The molecule has 0 bridgehead atoms. The highest BCUT2D eigenvalue weighted by atomic mass is 79.9. The van der Waals surface area contributed by atoms with Gasteiger partial charge in [0.2, 0.25) is 0 Å². The third kappa shape index (κ3) is 2.45. The topological polar surface area (TPSA) is 3.24 Å². The average molecular weight is 280 g/mol. The van der Waals surface area contributed by atoms with Gasteiger partial charge in [0.1, 0.15) is 6.54 Å². The molecule has 2 rings (SSSR count). The first-order valence-electron chi connectivity index (χ1n) is 4.56. The van der Waals surface area contributed by atoms with Crippen molar-refractivity contribution in [3.8, 4) is 0 Å². The second-order valence-electron chi connectivity index (χ2n) is 3.56. The molecule has 0 atom stereocenters. The molecule has 0 unspecified atom stereocenters. The summed E-state index contributed by atoms with van der Waals surface area (Å²) in [6, 6.07) is 5.39. The molecule has 1 aliphatic heterocycles. The van der Waals surface area contributed by atoms with Crippen LogP contribution in [0.25, 0.3) is 0 Å². The van der Waals surface area contributed by atoms with Gasteiger partial charge in [-0.1, -0.05) is 15.9 Å². The summed E-state index contributed by atoms with van der Waals surface area (Å²) in [5.41, 5.74) is 1.68. The van der Waals surface area contributed by atoms with E-state index in [9.17, 15) is 13.2 Å². The molecule has 1 nitrogen and oxygen atoms in total. The van der Waals surface area contributed by atoms with Crippen molar-refractivity contribution in [1.29, 1.82) is 0 Å². The number of hydrogen-bond acceptors (Lipinski definition) is 1. The molecule has 1 heterocycles. The summed E-state index contributed by atoms with van der Waals surface area (Å²) in [5.74, 6) is 0. The summed E-state index contributed by atoms with van der Waals surface area (Å²) in [4.78, 5) is 1.38. The van der Waals surface area contributed by atoms with Crippen LogP contribution in [-0.4, -0.2) is 19.3 Å². The minimum Gasteiger partial charge on any atom is -0.362 e. The standard InChI is InChI=1S/C10H9BrF3N/c11-8-1-2-9-7(5-8)3-4-15(9)6-10(12,13)14/h1-2,5H,3-4,6H2. The first kappa shape index (κ1) is 10.8. The number of halogens is 4. The van der Waals surface area contributed by atoms with E-state index in [-0.39, 0.29) is 0 Å². The Morgan fingerprint density at radius 1 is 1.33 bits per heavy atom. The molecule has 82 valence electrons. The molecule has 5 heteroatoms. The van der Waals surface area contributed by atoms with Crippen molar-refractivity contribution in [3.05, 3.63) is 28.2 Å². The van der Waals surface area contributed by atoms with E-state index < -0.39 is 12.7 Å². The molecule has 0 spiro atoms. The van der Waals surface area contributed by atoms with Gasteiger partial charge < -0.3 is 4.90 Å². The minimum atomic E-state index is -4.13. The maximum atomic E-state index is 12.2. The van der Waals surface area contributed by atoms with E-state index in [4.69, 9.17) is 0 Å². The zero-order valence-electron chi connectivity index (χ0n) is 7.81. The summed E-state index contributed by atoms with van der Waals surface area (Å²) < 4.78 is 37.6. The Kier molecular flexibility index (Phi) is 2.66. The molecule has 15 heavy (non-hydrogen) atoms. The Hall–Kier alpha value is -0.710.